The lowest BCUT2D eigenvalue weighted by Gasteiger charge is -2.19. The monoisotopic (exact) mass is 397 g/mol. The Balaban J connectivity index is 1.64. The summed E-state index contributed by atoms with van der Waals surface area (Å²) in [5.41, 5.74) is 2.57. The summed E-state index contributed by atoms with van der Waals surface area (Å²) < 4.78 is 10.5. The predicted molar refractivity (Wildman–Crippen MR) is 113 cm³/mol. The van der Waals surface area contributed by atoms with Crippen LogP contribution in [0.2, 0.25) is 0 Å². The number of ether oxygens (including phenoxy) is 2. The molecule has 1 fully saturated rings. The quantitative estimate of drug-likeness (QED) is 0.773. The first-order valence-electron chi connectivity index (χ1n) is 9.61. The lowest BCUT2D eigenvalue weighted by atomic mass is 10.0. The second-order valence-corrected chi connectivity index (χ2v) is 7.22. The smallest absolute Gasteiger partial charge is 0.325 e. The van der Waals surface area contributed by atoms with E-state index in [0.717, 1.165) is 5.69 Å². The second kappa shape index (κ2) is 8.86. The van der Waals surface area contributed by atoms with Gasteiger partial charge in [0, 0.05) is 24.8 Å². The Morgan fingerprint density at radius 2 is 1.79 bits per heavy atom. The van der Waals surface area contributed by atoms with Crippen molar-refractivity contribution in [2.45, 2.75) is 19.8 Å². The number of benzene rings is 2. The minimum absolute atomic E-state index is 0.0280. The average Bonchev–Trinajstić information content (AvgIpc) is 3.08. The molecule has 0 bridgehead atoms. The molecule has 0 saturated carbocycles. The van der Waals surface area contributed by atoms with E-state index in [1.807, 2.05) is 24.3 Å². The molecule has 29 heavy (non-hydrogen) atoms. The average molecular weight is 397 g/mol. The van der Waals surface area contributed by atoms with Crippen LogP contribution in [0.25, 0.3) is 0 Å². The van der Waals surface area contributed by atoms with Gasteiger partial charge in [-0.3, -0.25) is 9.69 Å². The molecule has 0 unspecified atom stereocenters. The number of carbonyl (C=O) groups excluding carboxylic acids is 2. The molecule has 2 aromatic rings. The molecule has 7 nitrogen and oxygen atoms in total. The highest BCUT2D eigenvalue weighted by Crippen LogP contribution is 2.29. The topological polar surface area (TPSA) is 71.1 Å². The fourth-order valence-corrected chi connectivity index (χ4v) is 3.28. The molecule has 3 rings (SSSR count). The number of urea groups is 1. The fraction of sp³-hybridized carbons (Fsp3) is 0.364. The van der Waals surface area contributed by atoms with Gasteiger partial charge in [-0.25, -0.2) is 4.79 Å². The van der Waals surface area contributed by atoms with Crippen LogP contribution in [0.5, 0.6) is 11.5 Å². The first-order chi connectivity index (χ1) is 13.9. The van der Waals surface area contributed by atoms with Crippen molar-refractivity contribution in [3.05, 3.63) is 48.0 Å². The summed E-state index contributed by atoms with van der Waals surface area (Å²) in [6.07, 6.45) is 0. The van der Waals surface area contributed by atoms with Gasteiger partial charge in [0.2, 0.25) is 5.91 Å². The van der Waals surface area contributed by atoms with Crippen molar-refractivity contribution in [1.82, 2.24) is 4.90 Å². The van der Waals surface area contributed by atoms with E-state index in [9.17, 15) is 9.59 Å². The third-order valence-electron chi connectivity index (χ3n) is 4.98. The molecular weight excluding hydrogens is 370 g/mol. The maximum absolute atomic E-state index is 12.8. The van der Waals surface area contributed by atoms with Crippen LogP contribution in [0.15, 0.2) is 42.5 Å². The zero-order valence-electron chi connectivity index (χ0n) is 17.3. The van der Waals surface area contributed by atoms with E-state index in [-0.39, 0.29) is 18.5 Å². The molecular formula is C22H27N3O4. The maximum atomic E-state index is 12.8. The summed E-state index contributed by atoms with van der Waals surface area (Å²) in [5, 5.41) is 2.80. The second-order valence-electron chi connectivity index (χ2n) is 7.22. The van der Waals surface area contributed by atoms with E-state index in [1.54, 1.807) is 35.1 Å². The highest BCUT2D eigenvalue weighted by Gasteiger charge is 2.31. The van der Waals surface area contributed by atoms with Gasteiger partial charge in [0.1, 0.15) is 18.0 Å². The number of hydrogen-bond acceptors (Lipinski definition) is 4. The van der Waals surface area contributed by atoms with Gasteiger partial charge in [-0.05, 0) is 35.7 Å². The first-order valence-corrected chi connectivity index (χ1v) is 9.61. The van der Waals surface area contributed by atoms with E-state index >= 15 is 0 Å². The van der Waals surface area contributed by atoms with Gasteiger partial charge in [0.25, 0.3) is 0 Å². The van der Waals surface area contributed by atoms with Crippen LogP contribution in [0.3, 0.4) is 0 Å². The molecule has 1 aliphatic heterocycles. The van der Waals surface area contributed by atoms with Gasteiger partial charge < -0.3 is 19.7 Å². The number of rotatable bonds is 7. The van der Waals surface area contributed by atoms with Crippen LogP contribution in [0.1, 0.15) is 25.3 Å². The lowest BCUT2D eigenvalue weighted by molar-refractivity contribution is -0.116. The Labute approximate surface area is 171 Å². The van der Waals surface area contributed by atoms with Crippen molar-refractivity contribution in [1.29, 1.82) is 0 Å². The minimum atomic E-state index is -0.290. The van der Waals surface area contributed by atoms with E-state index < -0.39 is 0 Å². The summed E-state index contributed by atoms with van der Waals surface area (Å²) in [6, 6.07) is 13.0. The van der Waals surface area contributed by atoms with E-state index in [2.05, 4.69) is 19.2 Å². The standard InChI is InChI=1S/C22H27N3O4/c1-15(2)16-5-7-17(8-6-16)25-12-11-24(22(25)27)14-21(26)23-19-13-18(28-3)9-10-20(19)29-4/h5-10,13,15H,11-12,14H2,1-4H3,(H,23,26). The molecule has 0 aliphatic carbocycles. The van der Waals surface area contributed by atoms with E-state index in [1.165, 1.54) is 12.7 Å². The summed E-state index contributed by atoms with van der Waals surface area (Å²) in [4.78, 5) is 28.5. The van der Waals surface area contributed by atoms with Crippen molar-refractivity contribution in [3.8, 4) is 11.5 Å². The van der Waals surface area contributed by atoms with Crippen LogP contribution in [-0.4, -0.2) is 50.7 Å². The molecule has 0 spiro atoms. The van der Waals surface area contributed by atoms with Crippen LogP contribution >= 0.6 is 0 Å². The fourth-order valence-electron chi connectivity index (χ4n) is 3.28. The molecule has 1 aliphatic rings. The van der Waals surface area contributed by atoms with Gasteiger partial charge >= 0.3 is 6.03 Å². The molecule has 1 N–H and O–H groups in total. The Morgan fingerprint density at radius 1 is 1.07 bits per heavy atom. The van der Waals surface area contributed by atoms with Crippen LogP contribution < -0.4 is 19.7 Å². The zero-order valence-corrected chi connectivity index (χ0v) is 17.3. The molecule has 0 aromatic heterocycles. The largest absolute Gasteiger partial charge is 0.497 e. The number of amides is 3. The Kier molecular flexibility index (Phi) is 6.26. The van der Waals surface area contributed by atoms with Crippen molar-refractivity contribution in [3.63, 3.8) is 0 Å². The van der Waals surface area contributed by atoms with Crippen LogP contribution in [0.4, 0.5) is 16.2 Å². The molecule has 1 heterocycles. The molecule has 0 radical (unpaired) electrons. The molecule has 2 aromatic carbocycles. The molecule has 7 heteroatoms. The molecule has 154 valence electrons. The van der Waals surface area contributed by atoms with Crippen molar-refractivity contribution in [2.75, 3.05) is 44.1 Å². The number of nitrogens with zero attached hydrogens (tertiary/aromatic N) is 2. The SMILES string of the molecule is COc1ccc(OC)c(NC(=O)CN2CCN(c3ccc(C(C)C)cc3)C2=O)c1. The zero-order chi connectivity index (χ0) is 21.0. The lowest BCUT2D eigenvalue weighted by Crippen LogP contribution is -2.37. The van der Waals surface area contributed by atoms with Crippen LogP contribution in [-0.2, 0) is 4.79 Å². The minimum Gasteiger partial charge on any atom is -0.497 e. The van der Waals surface area contributed by atoms with Gasteiger partial charge in [0.05, 0.1) is 19.9 Å². The maximum Gasteiger partial charge on any atom is 0.325 e. The summed E-state index contributed by atoms with van der Waals surface area (Å²) in [5.74, 6) is 1.28. The number of nitrogens with one attached hydrogen (secondary N) is 1. The predicted octanol–water partition coefficient (Wildman–Crippen LogP) is 3.71. The highest BCUT2D eigenvalue weighted by atomic mass is 16.5. The number of anilines is 2. The van der Waals surface area contributed by atoms with Crippen molar-refractivity contribution >= 4 is 23.3 Å². The van der Waals surface area contributed by atoms with E-state index in [4.69, 9.17) is 9.47 Å². The number of hydrogen-bond donors (Lipinski definition) is 1. The van der Waals surface area contributed by atoms with Crippen LogP contribution in [0, 0.1) is 0 Å². The third kappa shape index (κ3) is 4.62. The normalized spacial score (nSPS) is 13.8. The third-order valence-corrected chi connectivity index (χ3v) is 4.98. The molecule has 3 amide bonds. The Morgan fingerprint density at radius 3 is 2.41 bits per heavy atom. The number of methoxy groups -OCH3 is 2. The summed E-state index contributed by atoms with van der Waals surface area (Å²) in [6.45, 7) is 5.28. The highest BCUT2D eigenvalue weighted by molar-refractivity contribution is 6.00. The van der Waals surface area contributed by atoms with Gasteiger partial charge in [-0.1, -0.05) is 26.0 Å². The molecule has 1 saturated heterocycles. The van der Waals surface area contributed by atoms with Crippen molar-refractivity contribution < 1.29 is 19.1 Å². The summed E-state index contributed by atoms with van der Waals surface area (Å²) in [7, 11) is 3.09. The van der Waals surface area contributed by atoms with E-state index in [0.29, 0.717) is 36.2 Å². The Hall–Kier alpha value is -3.22. The molecule has 0 atom stereocenters. The van der Waals surface area contributed by atoms with Gasteiger partial charge in [-0.15, -0.1) is 0 Å². The van der Waals surface area contributed by atoms with Gasteiger partial charge in [-0.2, -0.15) is 0 Å². The summed E-state index contributed by atoms with van der Waals surface area (Å²) >= 11 is 0. The number of carbonyl (C=O) groups is 2. The first kappa shape index (κ1) is 20.5. The Bertz CT molecular complexity index is 880. The van der Waals surface area contributed by atoms with Crippen molar-refractivity contribution in [2.24, 2.45) is 0 Å². The van der Waals surface area contributed by atoms with Gasteiger partial charge in [0.15, 0.2) is 0 Å².